The quantitative estimate of drug-likeness (QED) is 0.365. The lowest BCUT2D eigenvalue weighted by molar-refractivity contribution is -0.190. The number of anilines is 2. The van der Waals surface area contributed by atoms with Gasteiger partial charge in [-0.05, 0) is 82.6 Å². The first-order chi connectivity index (χ1) is 21.8. The summed E-state index contributed by atoms with van der Waals surface area (Å²) in [5.41, 5.74) is -1.97. The monoisotopic (exact) mass is 661 g/mol. The predicted molar refractivity (Wildman–Crippen MR) is 165 cm³/mol. The molecule has 248 valence electrons. The van der Waals surface area contributed by atoms with Crippen molar-refractivity contribution in [2.45, 2.75) is 82.0 Å². The molecule has 6 rings (SSSR count). The molecule has 1 unspecified atom stereocenters. The number of fused-ring (bicyclic) bond motifs is 6. The summed E-state index contributed by atoms with van der Waals surface area (Å²) < 4.78 is 75.7. The highest BCUT2D eigenvalue weighted by Gasteiger charge is 2.62. The Labute approximate surface area is 266 Å². The van der Waals surface area contributed by atoms with Crippen molar-refractivity contribution in [1.82, 2.24) is 24.5 Å². The van der Waals surface area contributed by atoms with Gasteiger partial charge < -0.3 is 15.0 Å². The molecular weight excluding hydrogens is 623 g/mol. The van der Waals surface area contributed by atoms with Crippen molar-refractivity contribution in [3.05, 3.63) is 48.3 Å². The number of amides is 1. The van der Waals surface area contributed by atoms with E-state index in [0.29, 0.717) is 36.5 Å². The molecule has 11 nitrogen and oxygen atoms in total. The molecule has 2 N–H and O–H groups in total. The van der Waals surface area contributed by atoms with Gasteiger partial charge in [-0.15, -0.1) is 0 Å². The van der Waals surface area contributed by atoms with Crippen LogP contribution in [0.3, 0.4) is 0 Å². The first kappa shape index (κ1) is 32.1. The predicted octanol–water partition coefficient (Wildman–Crippen LogP) is 5.48. The highest BCUT2D eigenvalue weighted by molar-refractivity contribution is 7.90. The first-order valence-electron chi connectivity index (χ1n) is 15.6. The third-order valence-electron chi connectivity index (χ3n) is 9.24. The van der Waals surface area contributed by atoms with Crippen LogP contribution in [0.5, 0.6) is 5.75 Å². The molecule has 1 saturated carbocycles. The van der Waals surface area contributed by atoms with Crippen molar-refractivity contribution < 1.29 is 31.1 Å². The summed E-state index contributed by atoms with van der Waals surface area (Å²) in [4.78, 5) is 24.7. The van der Waals surface area contributed by atoms with E-state index in [2.05, 4.69) is 34.0 Å². The van der Waals surface area contributed by atoms with E-state index >= 15 is 0 Å². The highest BCUT2D eigenvalue weighted by Crippen LogP contribution is 2.59. The molecule has 15 heteroatoms. The second-order valence-electron chi connectivity index (χ2n) is 13.1. The molecule has 1 aliphatic carbocycles. The topological polar surface area (TPSA) is 131 Å². The van der Waals surface area contributed by atoms with E-state index in [0.717, 1.165) is 32.1 Å². The standard InChI is InChI=1S/C31H38F3N7O4S/c1-29(2)17-21-7-4-3-5-15-35-24-8-6-9-26(37-24)46(43,44)39-28(42)23-10-11-25(38-27(23)40(29)19-21)41-20-22(18-36-41)45-16-14-30(12-13-30)31(32,33)34/h6,8-11,18,20-21H,3-5,7,12-17,19H2,1-2H3,(H,35,37)(H,39,42). The number of sulfonamides is 1. The fraction of sp³-hybridized carbons (Fsp3) is 0.548. The number of carbonyl (C=O) groups excluding carboxylic acids is 1. The highest BCUT2D eigenvalue weighted by atomic mass is 32.2. The Hall–Kier alpha value is -3.88. The van der Waals surface area contributed by atoms with Crippen LogP contribution in [0.15, 0.2) is 47.8 Å². The molecule has 2 aliphatic heterocycles. The van der Waals surface area contributed by atoms with Crippen molar-refractivity contribution in [2.24, 2.45) is 11.3 Å². The molecule has 3 aliphatic rings. The Balaban J connectivity index is 1.30. The van der Waals surface area contributed by atoms with E-state index < -0.39 is 27.5 Å². The second-order valence-corrected chi connectivity index (χ2v) is 14.7. The maximum atomic E-state index is 13.7. The number of pyridine rings is 2. The van der Waals surface area contributed by atoms with Gasteiger partial charge in [-0.25, -0.2) is 19.4 Å². The molecule has 1 saturated heterocycles. The van der Waals surface area contributed by atoms with Gasteiger partial charge in [-0.2, -0.15) is 26.7 Å². The van der Waals surface area contributed by atoms with Gasteiger partial charge in [0.2, 0.25) is 0 Å². The van der Waals surface area contributed by atoms with E-state index in [4.69, 9.17) is 9.72 Å². The molecular formula is C31H38F3N7O4S. The van der Waals surface area contributed by atoms with Gasteiger partial charge in [-0.1, -0.05) is 18.9 Å². The summed E-state index contributed by atoms with van der Waals surface area (Å²) in [6.07, 6.45) is 3.57. The molecule has 1 amide bonds. The fourth-order valence-electron chi connectivity index (χ4n) is 6.44. The maximum absolute atomic E-state index is 13.7. The molecule has 1 atom stereocenters. The minimum atomic E-state index is -4.31. The number of aromatic nitrogens is 4. The van der Waals surface area contributed by atoms with Gasteiger partial charge in [0.05, 0.1) is 30.0 Å². The molecule has 5 heterocycles. The molecule has 3 aromatic rings. The Morgan fingerprint density at radius 2 is 1.89 bits per heavy atom. The Bertz CT molecular complexity index is 1710. The van der Waals surface area contributed by atoms with Crippen LogP contribution in [-0.2, 0) is 10.0 Å². The van der Waals surface area contributed by atoms with Gasteiger partial charge in [0, 0.05) is 18.6 Å². The summed E-state index contributed by atoms with van der Waals surface area (Å²) in [5.74, 6) is 0.844. The smallest absolute Gasteiger partial charge is 0.394 e. The van der Waals surface area contributed by atoms with Gasteiger partial charge in [-0.3, -0.25) is 4.79 Å². The number of hydrogen-bond donors (Lipinski definition) is 2. The largest absolute Gasteiger partial charge is 0.490 e. The van der Waals surface area contributed by atoms with E-state index in [1.807, 2.05) is 4.90 Å². The average molecular weight is 662 g/mol. The Morgan fingerprint density at radius 3 is 2.65 bits per heavy atom. The van der Waals surface area contributed by atoms with Gasteiger partial charge in [0.25, 0.3) is 15.9 Å². The third-order valence-corrected chi connectivity index (χ3v) is 10.5. The van der Waals surface area contributed by atoms with Crippen LogP contribution in [-0.4, -0.2) is 65.5 Å². The second kappa shape index (κ2) is 12.0. The maximum Gasteiger partial charge on any atom is 0.394 e. The number of halogens is 3. The van der Waals surface area contributed by atoms with Crippen LogP contribution in [0.4, 0.5) is 24.8 Å². The number of nitrogens with one attached hydrogen (secondary N) is 2. The molecule has 0 radical (unpaired) electrons. The van der Waals surface area contributed by atoms with Crippen LogP contribution >= 0.6 is 0 Å². The molecule has 0 aromatic carbocycles. The lowest BCUT2D eigenvalue weighted by Gasteiger charge is -2.34. The van der Waals surface area contributed by atoms with Crippen molar-refractivity contribution in [3.63, 3.8) is 0 Å². The van der Waals surface area contributed by atoms with Crippen LogP contribution < -0.4 is 19.7 Å². The zero-order chi connectivity index (χ0) is 32.7. The summed E-state index contributed by atoms with van der Waals surface area (Å²) in [6, 6.07) is 7.63. The minimum absolute atomic E-state index is 0.0742. The zero-order valence-corrected chi connectivity index (χ0v) is 26.6. The summed E-state index contributed by atoms with van der Waals surface area (Å²) in [6.45, 7) is 5.33. The molecule has 4 bridgehead atoms. The van der Waals surface area contributed by atoms with Crippen molar-refractivity contribution in [1.29, 1.82) is 0 Å². The lowest BCUT2D eigenvalue weighted by atomic mass is 9.92. The number of carbonyl (C=O) groups is 1. The molecule has 2 fully saturated rings. The molecule has 0 spiro atoms. The van der Waals surface area contributed by atoms with Gasteiger partial charge >= 0.3 is 6.18 Å². The number of ether oxygens (including phenoxy) is 1. The SMILES string of the molecule is CC1(C)CC2CCCCCNc3cccc(n3)S(=O)(=O)NC(=O)c3ccc(-n4cc(OCCC5(C(F)(F)F)CC5)cn4)nc3N1C2. The van der Waals surface area contributed by atoms with Crippen molar-refractivity contribution in [2.75, 3.05) is 29.9 Å². The zero-order valence-electron chi connectivity index (χ0n) is 25.8. The van der Waals surface area contributed by atoms with E-state index in [-0.39, 0.29) is 47.7 Å². The number of rotatable bonds is 5. The van der Waals surface area contributed by atoms with Gasteiger partial charge in [0.15, 0.2) is 16.6 Å². The lowest BCUT2D eigenvalue weighted by Crippen LogP contribution is -2.41. The van der Waals surface area contributed by atoms with Crippen LogP contribution in [0.1, 0.15) is 75.6 Å². The van der Waals surface area contributed by atoms with Crippen molar-refractivity contribution in [3.8, 4) is 11.6 Å². The Kier molecular flexibility index (Phi) is 8.40. The van der Waals surface area contributed by atoms with E-state index in [1.165, 1.54) is 35.3 Å². The summed E-state index contributed by atoms with van der Waals surface area (Å²) in [7, 11) is -4.31. The first-order valence-corrected chi connectivity index (χ1v) is 17.1. The van der Waals surface area contributed by atoms with Crippen LogP contribution in [0.2, 0.25) is 0 Å². The normalized spacial score (nSPS) is 22.2. The fourth-order valence-corrected chi connectivity index (χ4v) is 7.38. The number of hydrogen-bond acceptors (Lipinski definition) is 9. The van der Waals surface area contributed by atoms with E-state index in [9.17, 15) is 26.4 Å². The average Bonchev–Trinajstić information content (AvgIpc) is 3.54. The Morgan fingerprint density at radius 1 is 1.09 bits per heavy atom. The van der Waals surface area contributed by atoms with Gasteiger partial charge in [0.1, 0.15) is 11.6 Å². The molecule has 3 aromatic heterocycles. The molecule has 46 heavy (non-hydrogen) atoms. The van der Waals surface area contributed by atoms with Crippen molar-refractivity contribution >= 4 is 27.6 Å². The summed E-state index contributed by atoms with van der Waals surface area (Å²) in [5, 5.41) is 7.19. The number of nitrogens with zero attached hydrogens (tertiary/aromatic N) is 5. The third kappa shape index (κ3) is 6.65. The summed E-state index contributed by atoms with van der Waals surface area (Å²) >= 11 is 0. The van der Waals surface area contributed by atoms with Crippen LogP contribution in [0, 0.1) is 11.3 Å². The number of alkyl halides is 3. The minimum Gasteiger partial charge on any atom is -0.490 e. The van der Waals surface area contributed by atoms with Crippen LogP contribution in [0.25, 0.3) is 5.82 Å². The van der Waals surface area contributed by atoms with E-state index in [1.54, 1.807) is 12.1 Å².